The maximum absolute atomic E-state index is 9.62. The van der Waals surface area contributed by atoms with Crippen molar-refractivity contribution in [2.45, 2.75) is 20.0 Å². The summed E-state index contributed by atoms with van der Waals surface area (Å²) in [6.45, 7) is 2.12. The summed E-state index contributed by atoms with van der Waals surface area (Å²) in [5.41, 5.74) is 3.21. The lowest BCUT2D eigenvalue weighted by atomic mass is 10.1. The Bertz CT molecular complexity index is 714. The van der Waals surface area contributed by atoms with Gasteiger partial charge in [0.2, 0.25) is 0 Å². The van der Waals surface area contributed by atoms with Gasteiger partial charge in [-0.3, -0.25) is 4.40 Å². The van der Waals surface area contributed by atoms with Crippen LogP contribution < -0.4 is 4.90 Å². The minimum atomic E-state index is -0.0232. The predicted molar refractivity (Wildman–Crippen MR) is 82.9 cm³/mol. The smallest absolute Gasteiger partial charge is 0.195 e. The molecule has 0 radical (unpaired) electrons. The van der Waals surface area contributed by atoms with Crippen LogP contribution in [0.4, 0.5) is 11.5 Å². The average Bonchev–Trinajstić information content (AvgIpc) is 3.06. The van der Waals surface area contributed by atoms with E-state index in [1.165, 1.54) is 5.56 Å². The van der Waals surface area contributed by atoms with Crippen molar-refractivity contribution < 1.29 is 5.11 Å². The van der Waals surface area contributed by atoms with E-state index in [4.69, 9.17) is 0 Å². The molecule has 0 aliphatic rings. The number of hydrogen-bond acceptors (Lipinski definition) is 4. The van der Waals surface area contributed by atoms with E-state index in [1.54, 1.807) is 11.3 Å². The molecule has 0 aliphatic heterocycles. The van der Waals surface area contributed by atoms with Gasteiger partial charge in [0.15, 0.2) is 10.8 Å². The predicted octanol–water partition coefficient (Wildman–Crippen LogP) is 3.22. The highest BCUT2D eigenvalue weighted by Crippen LogP contribution is 2.29. The standard InChI is InChI=1S/C15H17N3OS/c1-3-11-4-6-12(7-5-11)17(2)14-13(10-19)18-8-9-20-15(18)16-14/h4-9,19H,3,10H2,1-2H3. The van der Waals surface area contributed by atoms with Gasteiger partial charge in [-0.2, -0.15) is 0 Å². The van der Waals surface area contributed by atoms with E-state index in [0.29, 0.717) is 0 Å². The Morgan fingerprint density at radius 1 is 1.30 bits per heavy atom. The minimum absolute atomic E-state index is 0.0232. The topological polar surface area (TPSA) is 40.8 Å². The van der Waals surface area contributed by atoms with Crippen LogP contribution in [0.2, 0.25) is 0 Å². The molecular formula is C15H17N3OS. The molecule has 20 heavy (non-hydrogen) atoms. The highest BCUT2D eigenvalue weighted by atomic mass is 32.1. The van der Waals surface area contributed by atoms with Gasteiger partial charge in [0.05, 0.1) is 12.3 Å². The Balaban J connectivity index is 2.02. The van der Waals surface area contributed by atoms with Crippen LogP contribution in [-0.2, 0) is 13.0 Å². The van der Waals surface area contributed by atoms with Crippen LogP contribution >= 0.6 is 11.3 Å². The van der Waals surface area contributed by atoms with Crippen molar-refractivity contribution in [3.63, 3.8) is 0 Å². The van der Waals surface area contributed by atoms with Crippen LogP contribution in [-0.4, -0.2) is 21.5 Å². The summed E-state index contributed by atoms with van der Waals surface area (Å²) in [5, 5.41) is 11.6. The molecule has 0 aliphatic carbocycles. The summed E-state index contributed by atoms with van der Waals surface area (Å²) in [7, 11) is 1.98. The molecule has 0 saturated carbocycles. The van der Waals surface area contributed by atoms with Gasteiger partial charge in [0.1, 0.15) is 0 Å². The molecule has 0 amide bonds. The van der Waals surface area contributed by atoms with Gasteiger partial charge in [-0.15, -0.1) is 11.3 Å². The molecule has 3 aromatic rings. The number of hydrogen-bond donors (Lipinski definition) is 1. The SMILES string of the molecule is CCc1ccc(N(C)c2nc3sccn3c2CO)cc1. The normalized spacial score (nSPS) is 11.2. The molecule has 2 aromatic heterocycles. The Morgan fingerprint density at radius 2 is 2.05 bits per heavy atom. The quantitative estimate of drug-likeness (QED) is 0.801. The van der Waals surface area contributed by atoms with Crippen LogP contribution in [0.15, 0.2) is 35.8 Å². The van der Waals surface area contributed by atoms with Crippen molar-refractivity contribution in [3.05, 3.63) is 47.1 Å². The first-order valence-electron chi connectivity index (χ1n) is 6.62. The molecule has 2 heterocycles. The van der Waals surface area contributed by atoms with E-state index < -0.39 is 0 Å². The largest absolute Gasteiger partial charge is 0.390 e. The summed E-state index contributed by atoms with van der Waals surface area (Å²) in [5.74, 6) is 0.809. The molecule has 104 valence electrons. The first-order valence-corrected chi connectivity index (χ1v) is 7.50. The summed E-state index contributed by atoms with van der Waals surface area (Å²) >= 11 is 1.57. The lowest BCUT2D eigenvalue weighted by molar-refractivity contribution is 0.276. The number of rotatable bonds is 4. The van der Waals surface area contributed by atoms with E-state index >= 15 is 0 Å². The molecule has 1 N–H and O–H groups in total. The molecule has 0 fully saturated rings. The zero-order chi connectivity index (χ0) is 14.1. The zero-order valence-electron chi connectivity index (χ0n) is 11.6. The van der Waals surface area contributed by atoms with E-state index in [-0.39, 0.29) is 6.61 Å². The zero-order valence-corrected chi connectivity index (χ0v) is 12.4. The van der Waals surface area contributed by atoms with E-state index in [2.05, 4.69) is 36.2 Å². The molecule has 3 rings (SSSR count). The third-order valence-electron chi connectivity index (χ3n) is 3.54. The van der Waals surface area contributed by atoms with Crippen LogP contribution in [0.1, 0.15) is 18.2 Å². The van der Waals surface area contributed by atoms with Gasteiger partial charge in [0.25, 0.3) is 0 Å². The fraction of sp³-hybridized carbons (Fsp3) is 0.267. The van der Waals surface area contributed by atoms with Crippen LogP contribution in [0.25, 0.3) is 4.96 Å². The van der Waals surface area contributed by atoms with E-state index in [1.807, 2.05) is 27.9 Å². The second-order valence-corrected chi connectivity index (χ2v) is 5.55. The summed E-state index contributed by atoms with van der Waals surface area (Å²) in [6.07, 6.45) is 2.97. The van der Waals surface area contributed by atoms with Crippen LogP contribution in [0.5, 0.6) is 0 Å². The van der Waals surface area contributed by atoms with Crippen molar-refractivity contribution in [2.24, 2.45) is 0 Å². The van der Waals surface area contributed by atoms with Gasteiger partial charge in [-0.1, -0.05) is 19.1 Å². The maximum Gasteiger partial charge on any atom is 0.195 e. The number of aliphatic hydroxyl groups is 1. The van der Waals surface area contributed by atoms with Crippen molar-refractivity contribution >= 4 is 27.8 Å². The second kappa shape index (κ2) is 5.26. The number of aryl methyl sites for hydroxylation is 1. The number of nitrogens with zero attached hydrogens (tertiary/aromatic N) is 3. The van der Waals surface area contributed by atoms with Gasteiger partial charge in [-0.25, -0.2) is 4.98 Å². The first-order chi connectivity index (χ1) is 9.74. The molecule has 5 heteroatoms. The highest BCUT2D eigenvalue weighted by Gasteiger charge is 2.16. The maximum atomic E-state index is 9.62. The van der Waals surface area contributed by atoms with E-state index in [9.17, 15) is 5.11 Å². The number of benzene rings is 1. The molecule has 0 spiro atoms. The summed E-state index contributed by atoms with van der Waals surface area (Å²) in [6, 6.07) is 8.44. The molecular weight excluding hydrogens is 270 g/mol. The minimum Gasteiger partial charge on any atom is -0.390 e. The van der Waals surface area contributed by atoms with Crippen LogP contribution in [0, 0.1) is 0 Å². The molecule has 0 bridgehead atoms. The van der Waals surface area contributed by atoms with Crippen molar-refractivity contribution in [1.29, 1.82) is 0 Å². The number of imidazole rings is 1. The van der Waals surface area contributed by atoms with Crippen molar-refractivity contribution in [2.75, 3.05) is 11.9 Å². The third-order valence-corrected chi connectivity index (χ3v) is 4.30. The first kappa shape index (κ1) is 13.1. The molecule has 0 unspecified atom stereocenters. The van der Waals surface area contributed by atoms with Gasteiger partial charge >= 0.3 is 0 Å². The van der Waals surface area contributed by atoms with E-state index in [0.717, 1.165) is 28.6 Å². The Kier molecular flexibility index (Phi) is 3.46. The summed E-state index contributed by atoms with van der Waals surface area (Å²) < 4.78 is 1.94. The molecule has 0 saturated heterocycles. The average molecular weight is 287 g/mol. The third kappa shape index (κ3) is 2.09. The second-order valence-electron chi connectivity index (χ2n) is 4.67. The lowest BCUT2D eigenvalue weighted by Crippen LogP contribution is -2.12. The fourth-order valence-corrected chi connectivity index (χ4v) is 3.04. The molecule has 1 aromatic carbocycles. The number of fused-ring (bicyclic) bond motifs is 1. The number of aliphatic hydroxyl groups excluding tert-OH is 1. The van der Waals surface area contributed by atoms with Crippen molar-refractivity contribution in [3.8, 4) is 0 Å². The van der Waals surface area contributed by atoms with Gasteiger partial charge in [0, 0.05) is 24.3 Å². The fourth-order valence-electron chi connectivity index (χ4n) is 2.31. The Hall–Kier alpha value is -1.85. The van der Waals surface area contributed by atoms with Crippen LogP contribution in [0.3, 0.4) is 0 Å². The number of anilines is 2. The number of aromatic nitrogens is 2. The Labute approximate surface area is 121 Å². The number of thiazole rings is 1. The highest BCUT2D eigenvalue weighted by molar-refractivity contribution is 7.15. The monoisotopic (exact) mass is 287 g/mol. The summed E-state index contributed by atoms with van der Waals surface area (Å²) in [4.78, 5) is 7.53. The van der Waals surface area contributed by atoms with Crippen molar-refractivity contribution in [1.82, 2.24) is 9.38 Å². The molecule has 0 atom stereocenters. The van der Waals surface area contributed by atoms with Gasteiger partial charge < -0.3 is 10.0 Å². The lowest BCUT2D eigenvalue weighted by Gasteiger charge is -2.18. The Morgan fingerprint density at radius 3 is 2.70 bits per heavy atom. The molecule has 4 nitrogen and oxygen atoms in total. The van der Waals surface area contributed by atoms with Gasteiger partial charge in [-0.05, 0) is 24.1 Å².